The van der Waals surface area contributed by atoms with Crippen LogP contribution in [0, 0.1) is 5.92 Å². The predicted molar refractivity (Wildman–Crippen MR) is 83.1 cm³/mol. The highest BCUT2D eigenvalue weighted by molar-refractivity contribution is 9.11. The first-order valence-electron chi connectivity index (χ1n) is 6.20. The van der Waals surface area contributed by atoms with Crippen molar-refractivity contribution < 1.29 is 4.79 Å². The van der Waals surface area contributed by atoms with Crippen LogP contribution in [0.25, 0.3) is 0 Å². The minimum Gasteiger partial charge on any atom is -0.328 e. The molecule has 1 aliphatic carbocycles. The number of hydrogen-bond donors (Lipinski definition) is 1. The Morgan fingerprint density at radius 2 is 2.00 bits per heavy atom. The maximum absolute atomic E-state index is 12.3. The SMILES string of the molecule is O=C1NC2=CC=C(Br)CC2C1(Br)Cc1ccccc1. The second-order valence-electron chi connectivity index (χ2n) is 4.97. The van der Waals surface area contributed by atoms with Crippen LogP contribution in [-0.2, 0) is 11.2 Å². The summed E-state index contributed by atoms with van der Waals surface area (Å²) in [6, 6.07) is 10.1. The molecule has 0 radical (unpaired) electrons. The number of allylic oxidation sites excluding steroid dienone is 4. The smallest absolute Gasteiger partial charge is 0.242 e. The predicted octanol–water partition coefficient (Wildman–Crippen LogP) is 3.68. The van der Waals surface area contributed by atoms with Crippen LogP contribution in [0.2, 0.25) is 0 Å². The molecular formula is C15H13Br2NO. The highest BCUT2D eigenvalue weighted by atomic mass is 79.9. The van der Waals surface area contributed by atoms with E-state index in [0.717, 1.165) is 16.6 Å². The second kappa shape index (κ2) is 4.91. The third-order valence-corrected chi connectivity index (χ3v) is 5.49. The fourth-order valence-electron chi connectivity index (χ4n) is 2.70. The summed E-state index contributed by atoms with van der Waals surface area (Å²) in [5, 5.41) is 3.00. The van der Waals surface area contributed by atoms with Crippen LogP contribution in [0.4, 0.5) is 0 Å². The topological polar surface area (TPSA) is 29.1 Å². The van der Waals surface area contributed by atoms with E-state index in [1.807, 2.05) is 30.4 Å². The molecule has 0 bridgehead atoms. The van der Waals surface area contributed by atoms with Gasteiger partial charge in [0, 0.05) is 11.6 Å². The molecule has 3 rings (SSSR count). The number of rotatable bonds is 2. The molecule has 1 amide bonds. The Bertz CT molecular complexity index is 579. The molecule has 1 aliphatic heterocycles. The number of carbonyl (C=O) groups is 1. The number of nitrogens with one attached hydrogen (secondary N) is 1. The Labute approximate surface area is 129 Å². The van der Waals surface area contributed by atoms with Gasteiger partial charge in [-0.25, -0.2) is 0 Å². The van der Waals surface area contributed by atoms with Crippen molar-refractivity contribution >= 4 is 37.8 Å². The van der Waals surface area contributed by atoms with Crippen molar-refractivity contribution in [2.75, 3.05) is 0 Å². The molecule has 2 unspecified atom stereocenters. The number of benzene rings is 1. The lowest BCUT2D eigenvalue weighted by molar-refractivity contribution is -0.121. The number of amides is 1. The molecule has 0 spiro atoms. The van der Waals surface area contributed by atoms with Gasteiger partial charge in [0.1, 0.15) is 4.32 Å². The van der Waals surface area contributed by atoms with E-state index in [1.165, 1.54) is 5.56 Å². The zero-order chi connectivity index (χ0) is 13.5. The zero-order valence-electron chi connectivity index (χ0n) is 10.2. The van der Waals surface area contributed by atoms with Gasteiger partial charge in [0.15, 0.2) is 0 Å². The van der Waals surface area contributed by atoms with E-state index in [0.29, 0.717) is 6.42 Å². The monoisotopic (exact) mass is 381 g/mol. The molecule has 98 valence electrons. The summed E-state index contributed by atoms with van der Waals surface area (Å²) in [6.45, 7) is 0. The van der Waals surface area contributed by atoms with Gasteiger partial charge in [-0.05, 0) is 29.0 Å². The van der Waals surface area contributed by atoms with Gasteiger partial charge in [0.05, 0.1) is 0 Å². The van der Waals surface area contributed by atoms with Crippen molar-refractivity contribution in [1.29, 1.82) is 0 Å². The molecule has 2 atom stereocenters. The molecule has 1 heterocycles. The lowest BCUT2D eigenvalue weighted by Gasteiger charge is -2.28. The summed E-state index contributed by atoms with van der Waals surface area (Å²) in [5.41, 5.74) is 2.18. The minimum absolute atomic E-state index is 0.0585. The largest absolute Gasteiger partial charge is 0.328 e. The van der Waals surface area contributed by atoms with E-state index in [2.05, 4.69) is 49.3 Å². The number of halogens is 2. The summed E-state index contributed by atoms with van der Waals surface area (Å²) in [6.07, 6.45) is 5.54. The molecule has 1 N–H and O–H groups in total. The van der Waals surface area contributed by atoms with E-state index in [1.54, 1.807) is 0 Å². The van der Waals surface area contributed by atoms with Gasteiger partial charge >= 0.3 is 0 Å². The van der Waals surface area contributed by atoms with E-state index in [4.69, 9.17) is 0 Å². The Balaban J connectivity index is 1.92. The first-order valence-corrected chi connectivity index (χ1v) is 7.79. The highest BCUT2D eigenvalue weighted by Crippen LogP contribution is 2.46. The van der Waals surface area contributed by atoms with Gasteiger partial charge in [-0.15, -0.1) is 0 Å². The van der Waals surface area contributed by atoms with Crippen LogP contribution >= 0.6 is 31.9 Å². The van der Waals surface area contributed by atoms with Crippen LogP contribution in [0.3, 0.4) is 0 Å². The van der Waals surface area contributed by atoms with Crippen LogP contribution < -0.4 is 5.32 Å². The van der Waals surface area contributed by atoms with E-state index in [-0.39, 0.29) is 11.8 Å². The molecular weight excluding hydrogens is 370 g/mol. The molecule has 1 aromatic rings. The molecule has 1 aromatic carbocycles. The quantitative estimate of drug-likeness (QED) is 0.776. The van der Waals surface area contributed by atoms with Crippen LogP contribution in [0.1, 0.15) is 12.0 Å². The molecule has 0 saturated carbocycles. The van der Waals surface area contributed by atoms with Gasteiger partial charge in [-0.1, -0.05) is 68.3 Å². The Hall–Kier alpha value is -0.870. The minimum atomic E-state index is -0.548. The number of fused-ring (bicyclic) bond motifs is 1. The van der Waals surface area contributed by atoms with E-state index in [9.17, 15) is 4.79 Å². The Kier molecular flexibility index (Phi) is 3.39. The first-order chi connectivity index (χ1) is 9.09. The summed E-state index contributed by atoms with van der Waals surface area (Å²) in [7, 11) is 0. The summed E-state index contributed by atoms with van der Waals surface area (Å²) >= 11 is 7.25. The summed E-state index contributed by atoms with van der Waals surface area (Å²) in [4.78, 5) is 12.3. The maximum Gasteiger partial charge on any atom is 0.242 e. The van der Waals surface area contributed by atoms with Crippen LogP contribution in [0.5, 0.6) is 0 Å². The molecule has 2 aliphatic rings. The van der Waals surface area contributed by atoms with Crippen molar-refractivity contribution in [2.45, 2.75) is 17.2 Å². The lowest BCUT2D eigenvalue weighted by Crippen LogP contribution is -2.38. The van der Waals surface area contributed by atoms with Gasteiger partial charge in [-0.2, -0.15) is 0 Å². The fraction of sp³-hybridized carbons (Fsp3) is 0.267. The van der Waals surface area contributed by atoms with Gasteiger partial charge in [0.2, 0.25) is 5.91 Å². The molecule has 4 heteroatoms. The Morgan fingerprint density at radius 3 is 2.74 bits per heavy atom. The van der Waals surface area contributed by atoms with Crippen molar-refractivity contribution in [1.82, 2.24) is 5.32 Å². The molecule has 19 heavy (non-hydrogen) atoms. The van der Waals surface area contributed by atoms with Crippen LogP contribution in [-0.4, -0.2) is 10.2 Å². The van der Waals surface area contributed by atoms with Gasteiger partial charge < -0.3 is 5.32 Å². The third-order valence-electron chi connectivity index (χ3n) is 3.71. The molecule has 2 nitrogen and oxygen atoms in total. The van der Waals surface area contributed by atoms with E-state index >= 15 is 0 Å². The molecule has 1 fully saturated rings. The van der Waals surface area contributed by atoms with Crippen molar-refractivity contribution in [3.63, 3.8) is 0 Å². The normalized spacial score (nSPS) is 29.4. The lowest BCUT2D eigenvalue weighted by atomic mass is 9.83. The van der Waals surface area contributed by atoms with Crippen molar-refractivity contribution in [2.24, 2.45) is 5.92 Å². The third kappa shape index (κ3) is 2.32. The van der Waals surface area contributed by atoms with Crippen molar-refractivity contribution in [3.05, 3.63) is 58.2 Å². The Morgan fingerprint density at radius 1 is 1.26 bits per heavy atom. The highest BCUT2D eigenvalue weighted by Gasteiger charge is 2.51. The average molecular weight is 383 g/mol. The number of hydrogen-bond acceptors (Lipinski definition) is 1. The molecule has 0 aromatic heterocycles. The average Bonchev–Trinajstić information content (AvgIpc) is 2.64. The zero-order valence-corrected chi connectivity index (χ0v) is 13.4. The fourth-order valence-corrected chi connectivity index (χ4v) is 3.98. The van der Waals surface area contributed by atoms with Crippen molar-refractivity contribution in [3.8, 4) is 0 Å². The van der Waals surface area contributed by atoms with Crippen LogP contribution in [0.15, 0.2) is 52.7 Å². The molecule has 1 saturated heterocycles. The van der Waals surface area contributed by atoms with Gasteiger partial charge in [0.25, 0.3) is 0 Å². The standard InChI is InChI=1S/C15H13Br2NO/c16-11-6-7-13-12(8-11)15(17,14(19)18-13)9-10-4-2-1-3-5-10/h1-7,12H,8-9H2,(H,18,19). The summed E-state index contributed by atoms with van der Waals surface area (Å²) < 4.78 is 0.586. The van der Waals surface area contributed by atoms with E-state index < -0.39 is 4.32 Å². The number of carbonyl (C=O) groups excluding carboxylic acids is 1. The maximum atomic E-state index is 12.3. The van der Waals surface area contributed by atoms with Gasteiger partial charge in [-0.3, -0.25) is 4.79 Å². The summed E-state index contributed by atoms with van der Waals surface area (Å²) in [5.74, 6) is 0.225. The number of alkyl halides is 1. The second-order valence-corrected chi connectivity index (χ2v) is 7.40. The first kappa shape index (κ1) is 13.1.